The van der Waals surface area contributed by atoms with Crippen molar-refractivity contribution in [2.24, 2.45) is 7.05 Å². The minimum atomic E-state index is -0.132. The fraction of sp³-hybridized carbons (Fsp3) is 0.0345. The van der Waals surface area contributed by atoms with Crippen LogP contribution in [0.5, 0.6) is 0 Å². The second-order valence-electron chi connectivity index (χ2n) is 8.05. The van der Waals surface area contributed by atoms with Gasteiger partial charge in [0.2, 0.25) is 0 Å². The molecular formula is C29H19Cl2NO2. The predicted octanol–water partition coefficient (Wildman–Crippen LogP) is 7.61. The highest BCUT2D eigenvalue weighted by molar-refractivity contribution is 6.31. The Morgan fingerprint density at radius 1 is 0.647 bits per heavy atom. The van der Waals surface area contributed by atoms with Gasteiger partial charge < -0.3 is 4.57 Å². The van der Waals surface area contributed by atoms with E-state index in [-0.39, 0.29) is 11.6 Å². The SMILES string of the molecule is Cn1c(-c2ccccc2)cc2c(C(=O)c3ccc(Cl)cc3)ccc(C(=O)c3ccc(Cl)cc3)c21. The van der Waals surface area contributed by atoms with Crippen LogP contribution in [-0.4, -0.2) is 16.1 Å². The molecule has 0 aliphatic carbocycles. The standard InChI is InChI=1S/C29H19Cl2NO2/c1-32-26(18-5-3-2-4-6-18)17-25-23(28(33)19-7-11-21(30)12-8-19)15-16-24(27(25)32)29(34)20-9-13-22(31)14-10-20/h2-17H,1H3. The Bertz CT molecular complexity index is 1530. The molecule has 0 aliphatic heterocycles. The van der Waals surface area contributed by atoms with Gasteiger partial charge in [0.25, 0.3) is 0 Å². The normalized spacial score (nSPS) is 11.0. The molecule has 1 aromatic heterocycles. The van der Waals surface area contributed by atoms with E-state index in [1.54, 1.807) is 60.7 Å². The lowest BCUT2D eigenvalue weighted by Crippen LogP contribution is -2.08. The molecule has 0 aliphatic rings. The number of aryl methyl sites for hydroxylation is 1. The van der Waals surface area contributed by atoms with Crippen molar-refractivity contribution in [3.63, 3.8) is 0 Å². The van der Waals surface area contributed by atoms with E-state index in [0.717, 1.165) is 16.6 Å². The average molecular weight is 484 g/mol. The number of fused-ring (bicyclic) bond motifs is 1. The van der Waals surface area contributed by atoms with Crippen LogP contribution in [0.15, 0.2) is 97.1 Å². The first-order valence-electron chi connectivity index (χ1n) is 10.7. The summed E-state index contributed by atoms with van der Waals surface area (Å²) in [7, 11) is 1.92. The van der Waals surface area contributed by atoms with Crippen LogP contribution in [0.3, 0.4) is 0 Å². The summed E-state index contributed by atoms with van der Waals surface area (Å²) in [6.45, 7) is 0. The summed E-state index contributed by atoms with van der Waals surface area (Å²) in [6, 6.07) is 29.0. The Hall–Kier alpha value is -3.66. The van der Waals surface area contributed by atoms with Gasteiger partial charge in [-0.25, -0.2) is 0 Å². The van der Waals surface area contributed by atoms with Crippen molar-refractivity contribution in [3.8, 4) is 11.3 Å². The number of halogens is 2. The Kier molecular flexibility index (Phi) is 5.82. The summed E-state index contributed by atoms with van der Waals surface area (Å²) in [6.07, 6.45) is 0. The van der Waals surface area contributed by atoms with Crippen LogP contribution in [0.1, 0.15) is 31.8 Å². The molecular weight excluding hydrogens is 465 g/mol. The number of benzene rings is 4. The van der Waals surface area contributed by atoms with Gasteiger partial charge in [-0.2, -0.15) is 0 Å². The highest BCUT2D eigenvalue weighted by Crippen LogP contribution is 2.34. The minimum Gasteiger partial charge on any atom is -0.343 e. The van der Waals surface area contributed by atoms with E-state index in [9.17, 15) is 9.59 Å². The molecule has 0 spiro atoms. The average Bonchev–Trinajstić information content (AvgIpc) is 3.21. The number of hydrogen-bond donors (Lipinski definition) is 0. The summed E-state index contributed by atoms with van der Waals surface area (Å²) in [4.78, 5) is 27.0. The molecule has 5 heteroatoms. The third-order valence-corrected chi connectivity index (χ3v) is 6.47. The molecule has 0 radical (unpaired) electrons. The van der Waals surface area contributed by atoms with E-state index < -0.39 is 0 Å². The number of carbonyl (C=O) groups is 2. The van der Waals surface area contributed by atoms with Crippen molar-refractivity contribution in [2.75, 3.05) is 0 Å². The second-order valence-corrected chi connectivity index (χ2v) is 8.92. The molecule has 166 valence electrons. The van der Waals surface area contributed by atoms with Crippen molar-refractivity contribution in [1.29, 1.82) is 0 Å². The lowest BCUT2D eigenvalue weighted by atomic mass is 9.94. The Morgan fingerprint density at radius 2 is 1.15 bits per heavy atom. The second kappa shape index (κ2) is 8.94. The van der Waals surface area contributed by atoms with Crippen LogP contribution in [0, 0.1) is 0 Å². The first kappa shape index (κ1) is 22.1. The van der Waals surface area contributed by atoms with Crippen LogP contribution < -0.4 is 0 Å². The maximum atomic E-state index is 13.5. The van der Waals surface area contributed by atoms with E-state index in [0.29, 0.717) is 37.8 Å². The predicted molar refractivity (Wildman–Crippen MR) is 138 cm³/mol. The van der Waals surface area contributed by atoms with Crippen LogP contribution in [0.25, 0.3) is 22.2 Å². The molecule has 3 nitrogen and oxygen atoms in total. The molecule has 0 saturated heterocycles. The summed E-state index contributed by atoms with van der Waals surface area (Å²) in [5, 5.41) is 1.86. The minimum absolute atomic E-state index is 0.127. The van der Waals surface area contributed by atoms with Crippen LogP contribution in [-0.2, 0) is 7.05 Å². The van der Waals surface area contributed by atoms with E-state index in [1.807, 2.05) is 48.0 Å². The molecule has 5 rings (SSSR count). The van der Waals surface area contributed by atoms with Gasteiger partial charge in [0, 0.05) is 50.4 Å². The van der Waals surface area contributed by atoms with Gasteiger partial charge in [-0.3, -0.25) is 9.59 Å². The zero-order valence-corrected chi connectivity index (χ0v) is 19.8. The van der Waals surface area contributed by atoms with Crippen molar-refractivity contribution in [2.45, 2.75) is 0 Å². The maximum Gasteiger partial charge on any atom is 0.195 e. The van der Waals surface area contributed by atoms with Crippen molar-refractivity contribution < 1.29 is 9.59 Å². The number of nitrogens with zero attached hydrogens (tertiary/aromatic N) is 1. The lowest BCUT2D eigenvalue weighted by Gasteiger charge is -2.11. The van der Waals surface area contributed by atoms with E-state index in [1.165, 1.54) is 0 Å². The molecule has 0 atom stereocenters. The van der Waals surface area contributed by atoms with Gasteiger partial charge in [-0.05, 0) is 72.3 Å². The van der Waals surface area contributed by atoms with Crippen LogP contribution in [0.4, 0.5) is 0 Å². The van der Waals surface area contributed by atoms with Gasteiger partial charge in [0.15, 0.2) is 11.6 Å². The summed E-state index contributed by atoms with van der Waals surface area (Å²) < 4.78 is 1.98. The van der Waals surface area contributed by atoms with E-state index in [2.05, 4.69) is 0 Å². The zero-order chi connectivity index (χ0) is 23.8. The third-order valence-electron chi connectivity index (χ3n) is 5.97. The zero-order valence-electron chi connectivity index (χ0n) is 18.3. The monoisotopic (exact) mass is 483 g/mol. The molecule has 5 aromatic rings. The molecule has 0 fully saturated rings. The maximum absolute atomic E-state index is 13.5. The number of ketones is 2. The Morgan fingerprint density at radius 3 is 1.71 bits per heavy atom. The number of rotatable bonds is 5. The summed E-state index contributed by atoms with van der Waals surface area (Å²) in [5.41, 5.74) is 4.74. The molecule has 0 bridgehead atoms. The van der Waals surface area contributed by atoms with Crippen LogP contribution >= 0.6 is 23.2 Å². The Labute approximate surface area is 207 Å². The molecule has 0 saturated carbocycles. The number of carbonyl (C=O) groups excluding carboxylic acids is 2. The fourth-order valence-electron chi connectivity index (χ4n) is 4.25. The fourth-order valence-corrected chi connectivity index (χ4v) is 4.50. The van der Waals surface area contributed by atoms with Crippen molar-refractivity contribution in [1.82, 2.24) is 4.57 Å². The first-order chi connectivity index (χ1) is 16.4. The molecule has 4 aromatic carbocycles. The first-order valence-corrected chi connectivity index (χ1v) is 11.5. The van der Waals surface area contributed by atoms with Crippen LogP contribution in [0.2, 0.25) is 10.0 Å². The highest BCUT2D eigenvalue weighted by atomic mass is 35.5. The molecule has 0 unspecified atom stereocenters. The van der Waals surface area contributed by atoms with Gasteiger partial charge in [0.05, 0.1) is 5.52 Å². The summed E-state index contributed by atoms with van der Waals surface area (Å²) >= 11 is 12.0. The smallest absolute Gasteiger partial charge is 0.195 e. The van der Waals surface area contributed by atoms with Gasteiger partial charge in [0.1, 0.15) is 0 Å². The summed E-state index contributed by atoms with van der Waals surface area (Å²) in [5.74, 6) is -0.259. The highest BCUT2D eigenvalue weighted by Gasteiger charge is 2.22. The van der Waals surface area contributed by atoms with Crippen molar-refractivity contribution in [3.05, 3.63) is 129 Å². The number of aromatic nitrogens is 1. The van der Waals surface area contributed by atoms with Gasteiger partial charge in [-0.15, -0.1) is 0 Å². The Balaban J connectivity index is 1.74. The van der Waals surface area contributed by atoms with Gasteiger partial charge >= 0.3 is 0 Å². The van der Waals surface area contributed by atoms with E-state index >= 15 is 0 Å². The molecule has 0 amide bonds. The van der Waals surface area contributed by atoms with Crippen molar-refractivity contribution >= 4 is 45.7 Å². The number of hydrogen-bond acceptors (Lipinski definition) is 2. The largest absolute Gasteiger partial charge is 0.343 e. The molecule has 1 heterocycles. The third kappa shape index (κ3) is 3.94. The molecule has 34 heavy (non-hydrogen) atoms. The lowest BCUT2D eigenvalue weighted by molar-refractivity contribution is 0.102. The van der Waals surface area contributed by atoms with Gasteiger partial charge in [-0.1, -0.05) is 53.5 Å². The quantitative estimate of drug-likeness (QED) is 0.241. The topological polar surface area (TPSA) is 39.1 Å². The molecule has 0 N–H and O–H groups in total. The van der Waals surface area contributed by atoms with E-state index in [4.69, 9.17) is 23.2 Å².